The fraction of sp³-hybridized carbons (Fsp3) is 0.632. The molecule has 4 heteroatoms. The van der Waals surface area contributed by atoms with Crippen LogP contribution in [0.2, 0.25) is 0 Å². The van der Waals surface area contributed by atoms with Gasteiger partial charge in [-0.1, -0.05) is 31.0 Å². The summed E-state index contributed by atoms with van der Waals surface area (Å²) in [5, 5.41) is 0. The number of anilines is 1. The first-order valence-corrected chi connectivity index (χ1v) is 8.84. The lowest BCUT2D eigenvalue weighted by atomic mass is 9.87. The number of rotatable bonds is 4. The summed E-state index contributed by atoms with van der Waals surface area (Å²) >= 11 is 0. The minimum absolute atomic E-state index is 0.340. The first-order valence-electron chi connectivity index (χ1n) is 8.84. The van der Waals surface area contributed by atoms with Crippen molar-refractivity contribution in [2.24, 2.45) is 4.99 Å². The van der Waals surface area contributed by atoms with Crippen LogP contribution in [0.5, 0.6) is 0 Å². The number of carbonyl (C=O) groups excluding carboxylic acids is 1. The molecule has 1 heterocycles. The SMILES string of the molecule is CC(C)N1CCN(c2ccccc2C2(N=C=O)CCCC2)CC1. The summed E-state index contributed by atoms with van der Waals surface area (Å²) in [4.78, 5) is 20.3. The van der Waals surface area contributed by atoms with Crippen LogP contribution in [0.1, 0.15) is 45.1 Å². The number of piperazine rings is 1. The number of hydrogen-bond donors (Lipinski definition) is 0. The highest BCUT2D eigenvalue weighted by Crippen LogP contribution is 2.45. The van der Waals surface area contributed by atoms with Gasteiger partial charge in [0.1, 0.15) is 5.54 Å². The molecular weight excluding hydrogens is 286 g/mol. The molecule has 0 bridgehead atoms. The van der Waals surface area contributed by atoms with Crippen LogP contribution in [0, 0.1) is 0 Å². The van der Waals surface area contributed by atoms with Crippen molar-refractivity contribution in [3.05, 3.63) is 29.8 Å². The normalized spacial score (nSPS) is 21.4. The molecule has 0 spiro atoms. The van der Waals surface area contributed by atoms with Gasteiger partial charge in [0.15, 0.2) is 0 Å². The Kier molecular flexibility index (Phi) is 4.84. The molecule has 0 N–H and O–H groups in total. The van der Waals surface area contributed by atoms with E-state index in [0.717, 1.165) is 51.9 Å². The smallest absolute Gasteiger partial charge is 0.235 e. The molecule has 0 radical (unpaired) electrons. The number of para-hydroxylation sites is 1. The van der Waals surface area contributed by atoms with E-state index in [9.17, 15) is 4.79 Å². The van der Waals surface area contributed by atoms with Gasteiger partial charge < -0.3 is 4.90 Å². The maximum atomic E-state index is 11.0. The molecule has 2 aliphatic rings. The summed E-state index contributed by atoms with van der Waals surface area (Å²) in [5.41, 5.74) is 2.14. The van der Waals surface area contributed by atoms with E-state index in [1.807, 2.05) is 6.08 Å². The average molecular weight is 313 g/mol. The molecule has 0 amide bonds. The predicted molar refractivity (Wildman–Crippen MR) is 93.6 cm³/mol. The Bertz CT molecular complexity index is 578. The molecule has 1 aromatic rings. The Hall–Kier alpha value is -1.64. The Balaban J connectivity index is 1.88. The van der Waals surface area contributed by atoms with E-state index in [2.05, 4.69) is 52.9 Å². The third-order valence-electron chi connectivity index (χ3n) is 5.48. The second-order valence-electron chi connectivity index (χ2n) is 7.08. The molecule has 1 aromatic carbocycles. The highest BCUT2D eigenvalue weighted by molar-refractivity contribution is 5.58. The minimum Gasteiger partial charge on any atom is -0.369 e. The van der Waals surface area contributed by atoms with E-state index >= 15 is 0 Å². The summed E-state index contributed by atoms with van der Waals surface area (Å²) in [6, 6.07) is 9.13. The molecule has 1 saturated carbocycles. The van der Waals surface area contributed by atoms with E-state index in [1.54, 1.807) is 0 Å². The molecule has 4 nitrogen and oxygen atoms in total. The molecule has 0 unspecified atom stereocenters. The van der Waals surface area contributed by atoms with Gasteiger partial charge in [-0.25, -0.2) is 4.79 Å². The lowest BCUT2D eigenvalue weighted by molar-refractivity contribution is 0.209. The van der Waals surface area contributed by atoms with Gasteiger partial charge >= 0.3 is 0 Å². The molecule has 0 aromatic heterocycles. The summed E-state index contributed by atoms with van der Waals surface area (Å²) in [6.07, 6.45) is 6.06. The lowest BCUT2D eigenvalue weighted by Gasteiger charge is -2.40. The van der Waals surface area contributed by atoms with Gasteiger partial charge in [0, 0.05) is 43.5 Å². The van der Waals surface area contributed by atoms with Crippen molar-refractivity contribution >= 4 is 11.8 Å². The third kappa shape index (κ3) is 3.19. The van der Waals surface area contributed by atoms with Crippen LogP contribution in [0.25, 0.3) is 0 Å². The van der Waals surface area contributed by atoms with Crippen LogP contribution < -0.4 is 4.90 Å². The molecule has 0 atom stereocenters. The Labute approximate surface area is 139 Å². The number of nitrogens with zero attached hydrogens (tertiary/aromatic N) is 3. The molecule has 1 saturated heterocycles. The van der Waals surface area contributed by atoms with Crippen LogP contribution in [-0.4, -0.2) is 43.2 Å². The topological polar surface area (TPSA) is 35.9 Å². The molecule has 124 valence electrons. The zero-order chi connectivity index (χ0) is 16.3. The second kappa shape index (κ2) is 6.86. The average Bonchev–Trinajstić information content (AvgIpc) is 3.05. The first kappa shape index (κ1) is 16.2. The van der Waals surface area contributed by atoms with Gasteiger partial charge in [-0.3, -0.25) is 4.90 Å². The molecule has 3 rings (SSSR count). The monoisotopic (exact) mass is 313 g/mol. The van der Waals surface area contributed by atoms with E-state index in [4.69, 9.17) is 0 Å². The van der Waals surface area contributed by atoms with Crippen molar-refractivity contribution in [3.63, 3.8) is 0 Å². The Morgan fingerprint density at radius 1 is 1.09 bits per heavy atom. The van der Waals surface area contributed by atoms with Gasteiger partial charge in [0.05, 0.1) is 0 Å². The zero-order valence-electron chi connectivity index (χ0n) is 14.3. The quantitative estimate of drug-likeness (QED) is 0.632. The van der Waals surface area contributed by atoms with E-state index in [1.165, 1.54) is 11.3 Å². The number of hydrogen-bond acceptors (Lipinski definition) is 4. The second-order valence-corrected chi connectivity index (χ2v) is 7.08. The lowest BCUT2D eigenvalue weighted by Crippen LogP contribution is -2.49. The van der Waals surface area contributed by atoms with Crippen molar-refractivity contribution < 1.29 is 4.79 Å². The van der Waals surface area contributed by atoms with Crippen molar-refractivity contribution in [2.45, 2.75) is 51.1 Å². The molecule has 1 aliphatic carbocycles. The largest absolute Gasteiger partial charge is 0.369 e. The number of benzene rings is 1. The Morgan fingerprint density at radius 3 is 2.35 bits per heavy atom. The predicted octanol–water partition coefficient (Wildman–Crippen LogP) is 3.32. The van der Waals surface area contributed by atoms with Crippen LogP contribution >= 0.6 is 0 Å². The van der Waals surface area contributed by atoms with Crippen LogP contribution in [0.15, 0.2) is 29.3 Å². The zero-order valence-corrected chi connectivity index (χ0v) is 14.3. The van der Waals surface area contributed by atoms with Gasteiger partial charge in [-0.2, -0.15) is 4.99 Å². The fourth-order valence-electron chi connectivity index (χ4n) is 4.11. The van der Waals surface area contributed by atoms with E-state index in [-0.39, 0.29) is 5.54 Å². The maximum absolute atomic E-state index is 11.0. The summed E-state index contributed by atoms with van der Waals surface area (Å²) in [6.45, 7) is 8.78. The van der Waals surface area contributed by atoms with Crippen LogP contribution in [0.4, 0.5) is 5.69 Å². The van der Waals surface area contributed by atoms with Gasteiger partial charge in [0.2, 0.25) is 6.08 Å². The molecule has 2 fully saturated rings. The van der Waals surface area contributed by atoms with Crippen LogP contribution in [-0.2, 0) is 10.3 Å². The van der Waals surface area contributed by atoms with Crippen molar-refractivity contribution in [2.75, 3.05) is 31.1 Å². The molecule has 23 heavy (non-hydrogen) atoms. The van der Waals surface area contributed by atoms with Gasteiger partial charge in [-0.15, -0.1) is 0 Å². The summed E-state index contributed by atoms with van der Waals surface area (Å²) in [7, 11) is 0. The van der Waals surface area contributed by atoms with Crippen molar-refractivity contribution in [1.82, 2.24) is 4.90 Å². The van der Waals surface area contributed by atoms with Gasteiger partial charge in [-0.05, 0) is 32.8 Å². The standard InChI is InChI=1S/C19H27N3O/c1-16(2)21-11-13-22(14-12-21)18-8-4-3-7-17(18)19(20-15-23)9-5-6-10-19/h3-4,7-8,16H,5-6,9-14H2,1-2H3. The van der Waals surface area contributed by atoms with Crippen LogP contribution in [0.3, 0.4) is 0 Å². The summed E-state index contributed by atoms with van der Waals surface area (Å²) < 4.78 is 0. The first-order chi connectivity index (χ1) is 11.2. The highest BCUT2D eigenvalue weighted by atomic mass is 16.1. The number of aliphatic imine (C=N–C) groups is 1. The fourth-order valence-corrected chi connectivity index (χ4v) is 4.11. The summed E-state index contributed by atoms with van der Waals surface area (Å²) in [5.74, 6) is 0. The number of isocyanates is 1. The van der Waals surface area contributed by atoms with Crippen molar-refractivity contribution in [3.8, 4) is 0 Å². The third-order valence-corrected chi connectivity index (χ3v) is 5.48. The highest BCUT2D eigenvalue weighted by Gasteiger charge is 2.38. The van der Waals surface area contributed by atoms with E-state index < -0.39 is 0 Å². The Morgan fingerprint density at radius 2 is 1.74 bits per heavy atom. The maximum Gasteiger partial charge on any atom is 0.235 e. The molecular formula is C19H27N3O. The molecule has 1 aliphatic heterocycles. The van der Waals surface area contributed by atoms with Gasteiger partial charge in [0.25, 0.3) is 0 Å². The van der Waals surface area contributed by atoms with Crippen molar-refractivity contribution in [1.29, 1.82) is 0 Å². The van der Waals surface area contributed by atoms with E-state index in [0.29, 0.717) is 6.04 Å². The minimum atomic E-state index is -0.340.